The summed E-state index contributed by atoms with van der Waals surface area (Å²) in [6, 6.07) is 2.98. The highest BCUT2D eigenvalue weighted by Crippen LogP contribution is 2.27. The zero-order valence-corrected chi connectivity index (χ0v) is 7.67. The molecular weight excluding hydrogens is 192 g/mol. The molecule has 13 heavy (non-hydrogen) atoms. The van der Waals surface area contributed by atoms with Crippen LogP contribution in [-0.2, 0) is 0 Å². The first kappa shape index (κ1) is 9.74. The van der Waals surface area contributed by atoms with Gasteiger partial charge in [0.15, 0.2) is 12.6 Å². The summed E-state index contributed by atoms with van der Waals surface area (Å²) in [5.41, 5.74) is 0.516. The van der Waals surface area contributed by atoms with Gasteiger partial charge >= 0.3 is 0 Å². The van der Waals surface area contributed by atoms with Crippen LogP contribution >= 0.6 is 11.6 Å². The van der Waals surface area contributed by atoms with Crippen molar-refractivity contribution in [2.75, 3.05) is 7.11 Å². The first-order valence-corrected chi connectivity index (χ1v) is 3.89. The summed E-state index contributed by atoms with van der Waals surface area (Å²) in [6.07, 6.45) is 1.18. The van der Waals surface area contributed by atoms with Gasteiger partial charge in [-0.3, -0.25) is 9.59 Å². The SMILES string of the molecule is COc1c(C=O)ccc(Cl)c1C=O. The average molecular weight is 199 g/mol. The van der Waals surface area contributed by atoms with E-state index >= 15 is 0 Å². The highest BCUT2D eigenvalue weighted by atomic mass is 35.5. The van der Waals surface area contributed by atoms with E-state index in [0.29, 0.717) is 18.1 Å². The maximum Gasteiger partial charge on any atom is 0.155 e. The molecule has 1 rings (SSSR count). The third-order valence-electron chi connectivity index (χ3n) is 1.62. The lowest BCUT2D eigenvalue weighted by Crippen LogP contribution is -1.96. The van der Waals surface area contributed by atoms with Crippen molar-refractivity contribution in [3.63, 3.8) is 0 Å². The Labute approximate surface area is 80.3 Å². The molecule has 0 amide bonds. The molecule has 0 fully saturated rings. The van der Waals surface area contributed by atoms with E-state index in [0.717, 1.165) is 0 Å². The van der Waals surface area contributed by atoms with Gasteiger partial charge in [-0.2, -0.15) is 0 Å². The van der Waals surface area contributed by atoms with Crippen LogP contribution in [0.4, 0.5) is 0 Å². The molecule has 1 aromatic carbocycles. The molecule has 1 aromatic rings. The number of benzene rings is 1. The molecule has 0 unspecified atom stereocenters. The van der Waals surface area contributed by atoms with Gasteiger partial charge in [0.05, 0.1) is 23.3 Å². The summed E-state index contributed by atoms with van der Waals surface area (Å²) in [6.45, 7) is 0. The topological polar surface area (TPSA) is 43.4 Å². The van der Waals surface area contributed by atoms with Gasteiger partial charge in [-0.25, -0.2) is 0 Å². The molecule has 0 radical (unpaired) electrons. The van der Waals surface area contributed by atoms with Gasteiger partial charge < -0.3 is 4.74 Å². The highest BCUT2D eigenvalue weighted by molar-refractivity contribution is 6.33. The zero-order chi connectivity index (χ0) is 9.84. The Morgan fingerprint density at radius 2 is 2.00 bits per heavy atom. The van der Waals surface area contributed by atoms with Crippen molar-refractivity contribution >= 4 is 24.2 Å². The number of hydrogen-bond acceptors (Lipinski definition) is 3. The third kappa shape index (κ3) is 1.70. The van der Waals surface area contributed by atoms with Gasteiger partial charge in [0.25, 0.3) is 0 Å². The molecule has 0 aliphatic carbocycles. The van der Waals surface area contributed by atoms with Crippen LogP contribution in [0, 0.1) is 0 Å². The van der Waals surface area contributed by atoms with E-state index in [-0.39, 0.29) is 16.3 Å². The number of aldehydes is 2. The van der Waals surface area contributed by atoms with Crippen LogP contribution in [0.15, 0.2) is 12.1 Å². The lowest BCUT2D eigenvalue weighted by molar-refractivity contribution is 0.111. The number of hydrogen-bond donors (Lipinski definition) is 0. The average Bonchev–Trinajstić information content (AvgIpc) is 2.17. The van der Waals surface area contributed by atoms with Gasteiger partial charge in [-0.05, 0) is 12.1 Å². The quantitative estimate of drug-likeness (QED) is 0.698. The Morgan fingerprint density at radius 1 is 1.31 bits per heavy atom. The first-order chi connectivity index (χ1) is 6.24. The molecule has 0 N–H and O–H groups in total. The number of rotatable bonds is 3. The molecule has 0 saturated heterocycles. The minimum absolute atomic E-state index is 0.203. The van der Waals surface area contributed by atoms with Crippen molar-refractivity contribution in [2.24, 2.45) is 0 Å². The Morgan fingerprint density at radius 3 is 2.46 bits per heavy atom. The lowest BCUT2D eigenvalue weighted by atomic mass is 10.1. The van der Waals surface area contributed by atoms with Crippen molar-refractivity contribution < 1.29 is 14.3 Å². The predicted molar refractivity (Wildman–Crippen MR) is 48.8 cm³/mol. The maximum absolute atomic E-state index is 10.6. The number of halogens is 1. The van der Waals surface area contributed by atoms with Crippen LogP contribution in [0.5, 0.6) is 5.75 Å². The van der Waals surface area contributed by atoms with Crippen molar-refractivity contribution in [3.05, 3.63) is 28.3 Å². The van der Waals surface area contributed by atoms with E-state index in [1.54, 1.807) is 0 Å². The molecule has 0 spiro atoms. The van der Waals surface area contributed by atoms with Gasteiger partial charge in [0, 0.05) is 0 Å². The highest BCUT2D eigenvalue weighted by Gasteiger charge is 2.11. The first-order valence-electron chi connectivity index (χ1n) is 3.51. The van der Waals surface area contributed by atoms with Crippen LogP contribution < -0.4 is 4.74 Å². The van der Waals surface area contributed by atoms with Crippen molar-refractivity contribution in [1.82, 2.24) is 0 Å². The molecular formula is C9H7ClO3. The third-order valence-corrected chi connectivity index (χ3v) is 1.95. The molecule has 0 saturated carbocycles. The smallest absolute Gasteiger partial charge is 0.155 e. The number of carbonyl (C=O) groups is 2. The predicted octanol–water partition coefficient (Wildman–Crippen LogP) is 1.97. The second-order valence-corrected chi connectivity index (χ2v) is 2.73. The van der Waals surface area contributed by atoms with E-state index in [1.165, 1.54) is 19.2 Å². The number of carbonyl (C=O) groups excluding carboxylic acids is 2. The molecule has 68 valence electrons. The van der Waals surface area contributed by atoms with Crippen molar-refractivity contribution in [3.8, 4) is 5.75 Å². The fourth-order valence-corrected chi connectivity index (χ4v) is 1.22. The number of ether oxygens (including phenoxy) is 1. The molecule has 0 bridgehead atoms. The second kappa shape index (κ2) is 4.05. The van der Waals surface area contributed by atoms with Gasteiger partial charge in [-0.15, -0.1) is 0 Å². The van der Waals surface area contributed by atoms with Crippen LogP contribution in [0.2, 0.25) is 5.02 Å². The van der Waals surface area contributed by atoms with Crippen LogP contribution in [0.3, 0.4) is 0 Å². The van der Waals surface area contributed by atoms with E-state index in [1.807, 2.05) is 0 Å². The maximum atomic E-state index is 10.6. The molecule has 0 aromatic heterocycles. The van der Waals surface area contributed by atoms with Crippen molar-refractivity contribution in [1.29, 1.82) is 0 Å². The normalized spacial score (nSPS) is 9.38. The van der Waals surface area contributed by atoms with Gasteiger partial charge in [0.1, 0.15) is 5.75 Å². The minimum atomic E-state index is 0.203. The summed E-state index contributed by atoms with van der Waals surface area (Å²) in [7, 11) is 1.38. The Balaban J connectivity index is 3.44. The summed E-state index contributed by atoms with van der Waals surface area (Å²) in [4.78, 5) is 21.1. The van der Waals surface area contributed by atoms with E-state index in [9.17, 15) is 9.59 Å². The summed E-state index contributed by atoms with van der Waals surface area (Å²) in [5.74, 6) is 0.220. The monoisotopic (exact) mass is 198 g/mol. The van der Waals surface area contributed by atoms with E-state index in [4.69, 9.17) is 16.3 Å². The molecule has 0 aliphatic heterocycles. The molecule has 0 aliphatic rings. The Bertz CT molecular complexity index is 347. The van der Waals surface area contributed by atoms with Gasteiger partial charge in [-0.1, -0.05) is 11.6 Å². The van der Waals surface area contributed by atoms with E-state index in [2.05, 4.69) is 0 Å². The lowest BCUT2D eigenvalue weighted by Gasteiger charge is -2.06. The largest absolute Gasteiger partial charge is 0.495 e. The van der Waals surface area contributed by atoms with E-state index < -0.39 is 0 Å². The standard InChI is InChI=1S/C9H7ClO3/c1-13-9-6(4-11)2-3-8(10)7(9)5-12/h2-5H,1H3. The summed E-state index contributed by atoms with van der Waals surface area (Å²) < 4.78 is 4.89. The fraction of sp³-hybridized carbons (Fsp3) is 0.111. The second-order valence-electron chi connectivity index (χ2n) is 2.32. The fourth-order valence-electron chi connectivity index (χ4n) is 1.02. The van der Waals surface area contributed by atoms with Crippen LogP contribution in [0.1, 0.15) is 20.7 Å². The zero-order valence-electron chi connectivity index (χ0n) is 6.91. The molecule has 4 heteroatoms. The molecule has 3 nitrogen and oxygen atoms in total. The summed E-state index contributed by atoms with van der Waals surface area (Å²) >= 11 is 5.71. The Kier molecular flexibility index (Phi) is 3.03. The minimum Gasteiger partial charge on any atom is -0.495 e. The molecule has 0 heterocycles. The summed E-state index contributed by atoms with van der Waals surface area (Å²) in [5, 5.41) is 0.275. The van der Waals surface area contributed by atoms with Crippen molar-refractivity contribution in [2.45, 2.75) is 0 Å². The van der Waals surface area contributed by atoms with Crippen LogP contribution in [-0.4, -0.2) is 19.7 Å². The Hall–Kier alpha value is -1.35. The van der Waals surface area contributed by atoms with Gasteiger partial charge in [0.2, 0.25) is 0 Å². The number of methoxy groups -OCH3 is 1. The van der Waals surface area contributed by atoms with Crippen LogP contribution in [0.25, 0.3) is 0 Å². The molecule has 0 atom stereocenters.